The third kappa shape index (κ3) is 3.56. The van der Waals surface area contributed by atoms with Gasteiger partial charge in [0.15, 0.2) is 0 Å². The second kappa shape index (κ2) is 6.38. The fourth-order valence-corrected chi connectivity index (χ4v) is 2.21. The van der Waals surface area contributed by atoms with Gasteiger partial charge in [0.1, 0.15) is 0 Å². The van der Waals surface area contributed by atoms with Crippen LogP contribution in [-0.4, -0.2) is 44.3 Å². The quantitative estimate of drug-likeness (QED) is 0.701. The lowest BCUT2D eigenvalue weighted by Crippen LogP contribution is -2.34. The summed E-state index contributed by atoms with van der Waals surface area (Å²) in [7, 11) is 3.96. The third-order valence-electron chi connectivity index (χ3n) is 3.35. The van der Waals surface area contributed by atoms with E-state index in [-0.39, 0.29) is 6.10 Å². The topological polar surface area (TPSA) is 38.5 Å². The number of methoxy groups -OCH3 is 1. The Bertz CT molecular complexity index is 142. The molecule has 0 saturated heterocycles. The number of nitrogens with zero attached hydrogens (tertiary/aromatic N) is 1. The van der Waals surface area contributed by atoms with E-state index < -0.39 is 0 Å². The van der Waals surface area contributed by atoms with Gasteiger partial charge in [0, 0.05) is 26.2 Å². The summed E-state index contributed by atoms with van der Waals surface area (Å²) in [5, 5.41) is 0. The molecule has 3 nitrogen and oxygen atoms in total. The van der Waals surface area contributed by atoms with Crippen molar-refractivity contribution in [3.8, 4) is 0 Å². The Morgan fingerprint density at radius 2 is 2.07 bits per heavy atom. The van der Waals surface area contributed by atoms with Crippen LogP contribution in [0, 0.1) is 0 Å². The van der Waals surface area contributed by atoms with Gasteiger partial charge in [0.25, 0.3) is 0 Å². The van der Waals surface area contributed by atoms with Gasteiger partial charge in [-0.05, 0) is 26.3 Å². The predicted molar refractivity (Wildman–Crippen MR) is 59.4 cm³/mol. The van der Waals surface area contributed by atoms with Gasteiger partial charge in [-0.15, -0.1) is 0 Å². The first-order chi connectivity index (χ1) is 6.77. The summed E-state index contributed by atoms with van der Waals surface area (Å²) >= 11 is 0. The largest absolute Gasteiger partial charge is 0.380 e. The summed E-state index contributed by atoms with van der Waals surface area (Å²) in [5.41, 5.74) is 5.58. The summed E-state index contributed by atoms with van der Waals surface area (Å²) in [4.78, 5) is 2.47. The molecule has 1 aliphatic carbocycles. The first-order valence-corrected chi connectivity index (χ1v) is 5.71. The lowest BCUT2D eigenvalue weighted by Gasteiger charge is -2.25. The molecule has 84 valence electrons. The molecular weight excluding hydrogens is 176 g/mol. The van der Waals surface area contributed by atoms with E-state index in [4.69, 9.17) is 10.5 Å². The van der Waals surface area contributed by atoms with Crippen molar-refractivity contribution in [2.75, 3.05) is 27.2 Å². The summed E-state index contributed by atoms with van der Waals surface area (Å²) in [5.74, 6) is 0. The van der Waals surface area contributed by atoms with E-state index in [1.807, 2.05) is 0 Å². The normalized spacial score (nSPS) is 20.6. The molecule has 0 radical (unpaired) electrons. The molecule has 1 aliphatic rings. The molecule has 1 atom stereocenters. The van der Waals surface area contributed by atoms with Crippen molar-refractivity contribution in [1.82, 2.24) is 4.90 Å². The summed E-state index contributed by atoms with van der Waals surface area (Å²) in [6.45, 7) is 1.75. The average molecular weight is 200 g/mol. The molecular formula is C11H24N2O. The molecule has 3 heteroatoms. The lowest BCUT2D eigenvalue weighted by molar-refractivity contribution is 0.0874. The zero-order valence-electron chi connectivity index (χ0n) is 9.54. The first kappa shape index (κ1) is 12.0. The van der Waals surface area contributed by atoms with Crippen LogP contribution in [0.3, 0.4) is 0 Å². The van der Waals surface area contributed by atoms with Gasteiger partial charge in [-0.3, -0.25) is 0 Å². The lowest BCUT2D eigenvalue weighted by atomic mass is 10.2. The first-order valence-electron chi connectivity index (χ1n) is 5.71. The average Bonchev–Trinajstić information content (AvgIpc) is 2.72. The highest BCUT2D eigenvalue weighted by Gasteiger charge is 2.19. The van der Waals surface area contributed by atoms with Gasteiger partial charge < -0.3 is 15.4 Å². The zero-order valence-corrected chi connectivity index (χ0v) is 9.54. The van der Waals surface area contributed by atoms with E-state index in [0.29, 0.717) is 6.54 Å². The van der Waals surface area contributed by atoms with Crippen LogP contribution in [0.15, 0.2) is 0 Å². The van der Waals surface area contributed by atoms with Crippen molar-refractivity contribution in [3.05, 3.63) is 0 Å². The fourth-order valence-electron chi connectivity index (χ4n) is 2.21. The summed E-state index contributed by atoms with van der Waals surface area (Å²) < 4.78 is 5.26. The smallest absolute Gasteiger partial charge is 0.0705 e. The van der Waals surface area contributed by atoms with Crippen LogP contribution in [0.5, 0.6) is 0 Å². The van der Waals surface area contributed by atoms with Crippen LogP contribution in [0.4, 0.5) is 0 Å². The van der Waals surface area contributed by atoms with Crippen LogP contribution in [0.1, 0.15) is 32.1 Å². The molecule has 0 aromatic heterocycles. The Labute approximate surface area is 87.6 Å². The minimum absolute atomic E-state index is 0.235. The molecule has 14 heavy (non-hydrogen) atoms. The van der Waals surface area contributed by atoms with Crippen LogP contribution in [0.25, 0.3) is 0 Å². The fraction of sp³-hybridized carbons (Fsp3) is 1.00. The van der Waals surface area contributed by atoms with Crippen molar-refractivity contribution < 1.29 is 4.74 Å². The van der Waals surface area contributed by atoms with Gasteiger partial charge >= 0.3 is 0 Å². The van der Waals surface area contributed by atoms with E-state index in [1.54, 1.807) is 7.11 Å². The minimum atomic E-state index is 0.235. The number of ether oxygens (including phenoxy) is 1. The third-order valence-corrected chi connectivity index (χ3v) is 3.35. The van der Waals surface area contributed by atoms with E-state index in [0.717, 1.165) is 19.0 Å². The van der Waals surface area contributed by atoms with Gasteiger partial charge in [-0.2, -0.15) is 0 Å². The molecule has 0 spiro atoms. The van der Waals surface area contributed by atoms with Crippen molar-refractivity contribution in [3.63, 3.8) is 0 Å². The van der Waals surface area contributed by atoms with Gasteiger partial charge in [-0.1, -0.05) is 12.8 Å². The van der Waals surface area contributed by atoms with Crippen LogP contribution in [0.2, 0.25) is 0 Å². The molecule has 0 amide bonds. The number of rotatable bonds is 6. The SMILES string of the molecule is COC(CN)CCN(C)C1CCCC1. The monoisotopic (exact) mass is 200 g/mol. The Kier molecular flexibility index (Phi) is 5.45. The van der Waals surface area contributed by atoms with Gasteiger partial charge in [0.2, 0.25) is 0 Å². The van der Waals surface area contributed by atoms with Crippen LogP contribution < -0.4 is 5.73 Å². The maximum atomic E-state index is 5.58. The second-order valence-electron chi connectivity index (χ2n) is 4.30. The molecule has 2 N–H and O–H groups in total. The van der Waals surface area contributed by atoms with Crippen molar-refractivity contribution in [2.45, 2.75) is 44.2 Å². The Morgan fingerprint density at radius 3 is 2.57 bits per heavy atom. The van der Waals surface area contributed by atoms with E-state index in [2.05, 4.69) is 11.9 Å². The van der Waals surface area contributed by atoms with Crippen LogP contribution >= 0.6 is 0 Å². The van der Waals surface area contributed by atoms with E-state index in [1.165, 1.54) is 25.7 Å². The van der Waals surface area contributed by atoms with Crippen molar-refractivity contribution in [2.24, 2.45) is 5.73 Å². The minimum Gasteiger partial charge on any atom is -0.380 e. The van der Waals surface area contributed by atoms with E-state index >= 15 is 0 Å². The number of hydrogen-bond donors (Lipinski definition) is 1. The maximum absolute atomic E-state index is 5.58. The van der Waals surface area contributed by atoms with Crippen molar-refractivity contribution >= 4 is 0 Å². The molecule has 0 heterocycles. The molecule has 0 aliphatic heterocycles. The standard InChI is InChI=1S/C11H24N2O/c1-13(10-5-3-4-6-10)8-7-11(9-12)14-2/h10-11H,3-9,12H2,1-2H3. The number of nitrogens with two attached hydrogens (primary N) is 1. The van der Waals surface area contributed by atoms with Crippen molar-refractivity contribution in [1.29, 1.82) is 0 Å². The molecule has 1 saturated carbocycles. The van der Waals surface area contributed by atoms with Crippen LogP contribution in [-0.2, 0) is 4.74 Å². The summed E-state index contributed by atoms with van der Waals surface area (Å²) in [6, 6.07) is 0.810. The predicted octanol–water partition coefficient (Wildman–Crippen LogP) is 1.22. The Morgan fingerprint density at radius 1 is 1.43 bits per heavy atom. The molecule has 1 rings (SSSR count). The number of hydrogen-bond acceptors (Lipinski definition) is 3. The van der Waals surface area contributed by atoms with Gasteiger partial charge in [-0.25, -0.2) is 0 Å². The molecule has 0 aromatic carbocycles. The zero-order chi connectivity index (χ0) is 10.4. The maximum Gasteiger partial charge on any atom is 0.0705 e. The highest BCUT2D eigenvalue weighted by Crippen LogP contribution is 2.22. The second-order valence-corrected chi connectivity index (χ2v) is 4.30. The Hall–Kier alpha value is -0.120. The molecule has 0 aromatic rings. The summed E-state index contributed by atoms with van der Waals surface area (Å²) in [6.07, 6.45) is 6.84. The highest BCUT2D eigenvalue weighted by molar-refractivity contribution is 4.75. The Balaban J connectivity index is 2.15. The van der Waals surface area contributed by atoms with E-state index in [9.17, 15) is 0 Å². The highest BCUT2D eigenvalue weighted by atomic mass is 16.5. The molecule has 0 bridgehead atoms. The molecule has 1 unspecified atom stereocenters. The molecule has 1 fully saturated rings. The van der Waals surface area contributed by atoms with Gasteiger partial charge in [0.05, 0.1) is 6.10 Å².